The van der Waals surface area contributed by atoms with Crippen LogP contribution in [0.2, 0.25) is 0 Å². The molecule has 3 heterocycles. The molecule has 0 atom stereocenters. The molecule has 5 rings (SSSR count). The fourth-order valence-corrected chi connectivity index (χ4v) is 3.81. The van der Waals surface area contributed by atoms with Crippen molar-refractivity contribution in [2.45, 2.75) is 38.8 Å². The topological polar surface area (TPSA) is 70.0 Å². The summed E-state index contributed by atoms with van der Waals surface area (Å²) in [4.78, 5) is 13.0. The largest absolute Gasteiger partial charge is 0.306 e. The molecule has 136 valence electrons. The number of aryl methyl sites for hydroxylation is 2. The maximum atomic E-state index is 13.0. The Kier molecular flexibility index (Phi) is 3.85. The summed E-state index contributed by atoms with van der Waals surface area (Å²) in [5.74, 6) is 0. The quantitative estimate of drug-likeness (QED) is 0.559. The van der Waals surface area contributed by atoms with Crippen LogP contribution in [0.1, 0.15) is 35.4 Å². The van der Waals surface area contributed by atoms with Crippen LogP contribution < -0.4 is 5.56 Å². The van der Waals surface area contributed by atoms with E-state index in [1.165, 1.54) is 5.56 Å². The van der Waals surface area contributed by atoms with E-state index in [0.717, 1.165) is 42.6 Å². The average Bonchev–Trinajstić information content (AvgIpc) is 3.29. The summed E-state index contributed by atoms with van der Waals surface area (Å²) in [6.45, 7) is 1.07. The third-order valence-electron chi connectivity index (χ3n) is 5.14. The van der Waals surface area contributed by atoms with Crippen LogP contribution in [0.15, 0.2) is 53.7 Å². The lowest BCUT2D eigenvalue weighted by atomic mass is 9.97. The first-order chi connectivity index (χ1) is 13.3. The van der Waals surface area contributed by atoms with Gasteiger partial charge in [-0.3, -0.25) is 4.79 Å². The van der Waals surface area contributed by atoms with E-state index in [-0.39, 0.29) is 5.56 Å². The Bertz CT molecular complexity index is 1150. The van der Waals surface area contributed by atoms with Crippen molar-refractivity contribution in [3.05, 3.63) is 81.8 Å². The molecule has 4 aromatic rings. The van der Waals surface area contributed by atoms with Gasteiger partial charge in [0.1, 0.15) is 11.2 Å². The minimum Gasteiger partial charge on any atom is -0.306 e. The van der Waals surface area contributed by atoms with Gasteiger partial charge in [0.15, 0.2) is 0 Å². The van der Waals surface area contributed by atoms with Crippen molar-refractivity contribution >= 4 is 5.52 Å². The molecule has 0 aliphatic heterocycles. The first-order valence-corrected chi connectivity index (χ1v) is 9.30. The zero-order chi connectivity index (χ0) is 18.2. The van der Waals surface area contributed by atoms with E-state index in [2.05, 4.69) is 27.5 Å². The summed E-state index contributed by atoms with van der Waals surface area (Å²) >= 11 is 0. The maximum absolute atomic E-state index is 13.0. The van der Waals surface area contributed by atoms with Gasteiger partial charge in [0.25, 0.3) is 5.56 Å². The molecule has 0 N–H and O–H groups in total. The van der Waals surface area contributed by atoms with E-state index >= 15 is 0 Å². The minimum atomic E-state index is -0.00856. The Hall–Kier alpha value is -3.22. The average molecular weight is 360 g/mol. The van der Waals surface area contributed by atoms with E-state index in [9.17, 15) is 4.79 Å². The van der Waals surface area contributed by atoms with Gasteiger partial charge in [-0.25, -0.2) is 9.20 Å². The van der Waals surface area contributed by atoms with E-state index in [4.69, 9.17) is 0 Å². The van der Waals surface area contributed by atoms with Crippen molar-refractivity contribution in [1.29, 1.82) is 0 Å². The lowest BCUT2D eigenvalue weighted by Gasteiger charge is -2.08. The van der Waals surface area contributed by atoms with Gasteiger partial charge in [-0.05, 0) is 31.2 Å². The molecule has 0 unspecified atom stereocenters. The van der Waals surface area contributed by atoms with Crippen molar-refractivity contribution in [3.63, 3.8) is 0 Å². The molecule has 0 fully saturated rings. The van der Waals surface area contributed by atoms with Gasteiger partial charge in [-0.1, -0.05) is 35.5 Å². The smallest absolute Gasteiger partial charge is 0.277 e. The van der Waals surface area contributed by atoms with Gasteiger partial charge in [-0.2, -0.15) is 5.10 Å². The van der Waals surface area contributed by atoms with Crippen LogP contribution in [0.3, 0.4) is 0 Å². The number of rotatable bonds is 4. The summed E-state index contributed by atoms with van der Waals surface area (Å²) < 4.78 is 5.23. The summed E-state index contributed by atoms with van der Waals surface area (Å²) in [6, 6.07) is 10.1. The zero-order valence-corrected chi connectivity index (χ0v) is 15.0. The predicted octanol–water partition coefficient (Wildman–Crippen LogP) is 2.06. The zero-order valence-electron chi connectivity index (χ0n) is 15.0. The van der Waals surface area contributed by atoms with Crippen molar-refractivity contribution in [2.24, 2.45) is 0 Å². The second-order valence-electron chi connectivity index (χ2n) is 7.05. The SMILES string of the molecule is O=c1c2c3c(nn2ccn1Cc1cn(Cc2ccccc2)nn1)CCCC3. The summed E-state index contributed by atoms with van der Waals surface area (Å²) in [5, 5.41) is 13.0. The van der Waals surface area contributed by atoms with E-state index < -0.39 is 0 Å². The van der Waals surface area contributed by atoms with Gasteiger partial charge >= 0.3 is 0 Å². The molecular formula is C20H20N6O. The van der Waals surface area contributed by atoms with Gasteiger partial charge in [0.05, 0.1) is 25.0 Å². The first kappa shape index (κ1) is 16.0. The van der Waals surface area contributed by atoms with E-state index in [1.54, 1.807) is 20.0 Å². The normalized spacial score (nSPS) is 13.8. The molecule has 1 aliphatic rings. The van der Waals surface area contributed by atoms with Gasteiger partial charge in [0.2, 0.25) is 0 Å². The monoisotopic (exact) mass is 360 g/mol. The molecule has 0 radical (unpaired) electrons. The minimum absolute atomic E-state index is 0.00856. The Morgan fingerprint density at radius 3 is 2.74 bits per heavy atom. The van der Waals surface area contributed by atoms with Crippen LogP contribution in [-0.4, -0.2) is 29.2 Å². The molecule has 0 saturated heterocycles. The van der Waals surface area contributed by atoms with E-state index in [0.29, 0.717) is 18.6 Å². The number of hydrogen-bond acceptors (Lipinski definition) is 4. The summed E-state index contributed by atoms with van der Waals surface area (Å²) in [7, 11) is 0. The molecule has 0 bridgehead atoms. The Balaban J connectivity index is 1.43. The van der Waals surface area contributed by atoms with Crippen molar-refractivity contribution in [3.8, 4) is 0 Å². The number of fused-ring (bicyclic) bond motifs is 3. The third-order valence-corrected chi connectivity index (χ3v) is 5.14. The number of hydrogen-bond donors (Lipinski definition) is 0. The van der Waals surface area contributed by atoms with E-state index in [1.807, 2.05) is 30.6 Å². The number of nitrogens with zero attached hydrogens (tertiary/aromatic N) is 6. The van der Waals surface area contributed by atoms with Crippen LogP contribution in [-0.2, 0) is 25.9 Å². The predicted molar refractivity (Wildman–Crippen MR) is 101 cm³/mol. The number of benzene rings is 1. The highest BCUT2D eigenvalue weighted by molar-refractivity contribution is 5.55. The van der Waals surface area contributed by atoms with Gasteiger partial charge in [-0.15, -0.1) is 5.10 Å². The molecule has 1 aromatic carbocycles. The van der Waals surface area contributed by atoms with Crippen molar-refractivity contribution < 1.29 is 0 Å². The highest BCUT2D eigenvalue weighted by Crippen LogP contribution is 2.22. The van der Waals surface area contributed by atoms with Crippen LogP contribution in [0.5, 0.6) is 0 Å². The highest BCUT2D eigenvalue weighted by Gasteiger charge is 2.19. The van der Waals surface area contributed by atoms with Crippen molar-refractivity contribution in [2.75, 3.05) is 0 Å². The van der Waals surface area contributed by atoms with Crippen LogP contribution in [0, 0.1) is 0 Å². The third kappa shape index (κ3) is 2.95. The molecule has 0 amide bonds. The maximum Gasteiger partial charge on any atom is 0.277 e. The molecule has 7 nitrogen and oxygen atoms in total. The molecule has 27 heavy (non-hydrogen) atoms. The Morgan fingerprint density at radius 1 is 1.00 bits per heavy atom. The molecule has 1 aliphatic carbocycles. The van der Waals surface area contributed by atoms with Gasteiger partial charge < -0.3 is 4.57 Å². The standard InChI is InChI=1S/C20H20N6O/c27-20-19-17-8-4-5-9-18(17)22-26(19)11-10-24(20)13-16-14-25(23-21-16)12-15-6-2-1-3-7-15/h1-3,6-7,10-11,14H,4-5,8-9,12-13H2. The number of aromatic nitrogens is 6. The molecule has 7 heteroatoms. The molecule has 0 spiro atoms. The molecule has 0 saturated carbocycles. The van der Waals surface area contributed by atoms with Crippen LogP contribution in [0.25, 0.3) is 5.52 Å². The summed E-state index contributed by atoms with van der Waals surface area (Å²) in [5.41, 5.74) is 4.83. The van der Waals surface area contributed by atoms with Crippen molar-refractivity contribution in [1.82, 2.24) is 29.2 Å². The lowest BCUT2D eigenvalue weighted by Crippen LogP contribution is -2.23. The Morgan fingerprint density at radius 2 is 1.85 bits per heavy atom. The lowest BCUT2D eigenvalue weighted by molar-refractivity contribution is 0.648. The second kappa shape index (κ2) is 6.50. The summed E-state index contributed by atoms with van der Waals surface area (Å²) in [6.07, 6.45) is 9.71. The fraction of sp³-hybridized carbons (Fsp3) is 0.300. The van der Waals surface area contributed by atoms with Crippen LogP contribution >= 0.6 is 0 Å². The first-order valence-electron chi connectivity index (χ1n) is 9.30. The molecular weight excluding hydrogens is 340 g/mol. The van der Waals surface area contributed by atoms with Gasteiger partial charge in [0, 0.05) is 18.0 Å². The van der Waals surface area contributed by atoms with Crippen LogP contribution in [0.4, 0.5) is 0 Å². The molecule has 3 aromatic heterocycles. The Labute approximate surface area is 155 Å². The fourth-order valence-electron chi connectivity index (χ4n) is 3.81. The highest BCUT2D eigenvalue weighted by atomic mass is 16.1. The second-order valence-corrected chi connectivity index (χ2v) is 7.05.